The second-order valence-electron chi connectivity index (χ2n) is 5.35. The maximum Gasteiger partial charge on any atom is 0.224 e. The van der Waals surface area contributed by atoms with Crippen molar-refractivity contribution in [3.05, 3.63) is 29.8 Å². The first-order valence-electron chi connectivity index (χ1n) is 7.65. The first-order valence-corrected chi connectivity index (χ1v) is 7.65. The van der Waals surface area contributed by atoms with Crippen LogP contribution in [0.2, 0.25) is 0 Å². The molecule has 0 aliphatic carbocycles. The van der Waals surface area contributed by atoms with Crippen LogP contribution in [0.1, 0.15) is 44.6 Å². The van der Waals surface area contributed by atoms with Crippen LogP contribution in [0.4, 0.5) is 5.69 Å². The van der Waals surface area contributed by atoms with Crippen LogP contribution in [0.3, 0.4) is 0 Å². The Kier molecular flexibility index (Phi) is 8.15. The van der Waals surface area contributed by atoms with Gasteiger partial charge < -0.3 is 11.1 Å². The highest BCUT2D eigenvalue weighted by atomic mass is 16.1. The molecule has 0 radical (unpaired) electrons. The summed E-state index contributed by atoms with van der Waals surface area (Å²) in [6.45, 7) is 2.85. The average Bonchev–Trinajstić information content (AvgIpc) is 2.48. The fourth-order valence-electron chi connectivity index (χ4n) is 2.43. The summed E-state index contributed by atoms with van der Waals surface area (Å²) in [5, 5.41) is 11.5. The van der Waals surface area contributed by atoms with Gasteiger partial charge in [-0.05, 0) is 43.0 Å². The van der Waals surface area contributed by atoms with E-state index in [9.17, 15) is 4.79 Å². The molecule has 0 aromatic heterocycles. The number of hydrogen-bond acceptors (Lipinski definition) is 3. The molecule has 1 atom stereocenters. The summed E-state index contributed by atoms with van der Waals surface area (Å²) in [5.74, 6) is 0.588. The normalized spacial score (nSPS) is 11.7. The molecule has 0 saturated carbocycles. The summed E-state index contributed by atoms with van der Waals surface area (Å²) >= 11 is 0. The minimum Gasteiger partial charge on any atom is -0.330 e. The summed E-state index contributed by atoms with van der Waals surface area (Å²) in [6, 6.07) is 9.52. The summed E-state index contributed by atoms with van der Waals surface area (Å²) in [5.41, 5.74) is 7.35. The molecule has 1 aromatic rings. The Balaban J connectivity index is 2.40. The Morgan fingerprint density at radius 3 is 2.57 bits per heavy atom. The predicted octanol–water partition coefficient (Wildman–Crippen LogP) is 3.24. The first-order chi connectivity index (χ1) is 10.2. The van der Waals surface area contributed by atoms with E-state index >= 15 is 0 Å². The van der Waals surface area contributed by atoms with E-state index in [0.29, 0.717) is 25.3 Å². The third-order valence-electron chi connectivity index (χ3n) is 3.57. The van der Waals surface area contributed by atoms with Crippen molar-refractivity contribution in [1.29, 1.82) is 5.26 Å². The SMILES string of the molecule is CCCC(CCN)CCC(=O)Nc1ccc(CC#N)cc1. The number of benzene rings is 1. The van der Waals surface area contributed by atoms with E-state index in [1.165, 1.54) is 0 Å². The molecule has 0 fully saturated rings. The molecule has 114 valence electrons. The van der Waals surface area contributed by atoms with Gasteiger partial charge in [0.1, 0.15) is 0 Å². The van der Waals surface area contributed by atoms with Crippen molar-refractivity contribution >= 4 is 11.6 Å². The van der Waals surface area contributed by atoms with Gasteiger partial charge in [0.05, 0.1) is 12.5 Å². The van der Waals surface area contributed by atoms with Crippen LogP contribution in [0.15, 0.2) is 24.3 Å². The molecule has 0 spiro atoms. The lowest BCUT2D eigenvalue weighted by Gasteiger charge is -2.14. The summed E-state index contributed by atoms with van der Waals surface area (Å²) in [6.07, 6.45) is 5.07. The third-order valence-corrected chi connectivity index (χ3v) is 3.57. The van der Waals surface area contributed by atoms with Gasteiger partial charge in [0, 0.05) is 12.1 Å². The maximum absolute atomic E-state index is 11.9. The number of nitrogens with one attached hydrogen (secondary N) is 1. The topological polar surface area (TPSA) is 78.9 Å². The molecule has 1 amide bonds. The lowest BCUT2D eigenvalue weighted by molar-refractivity contribution is -0.116. The zero-order chi connectivity index (χ0) is 15.5. The van der Waals surface area contributed by atoms with Crippen molar-refractivity contribution in [2.75, 3.05) is 11.9 Å². The molecule has 1 rings (SSSR count). The van der Waals surface area contributed by atoms with Gasteiger partial charge in [-0.25, -0.2) is 0 Å². The van der Waals surface area contributed by atoms with E-state index in [0.717, 1.165) is 36.9 Å². The third kappa shape index (κ3) is 6.92. The number of anilines is 1. The van der Waals surface area contributed by atoms with Gasteiger partial charge in [-0.1, -0.05) is 31.9 Å². The van der Waals surface area contributed by atoms with Crippen LogP contribution in [0.5, 0.6) is 0 Å². The molecule has 0 saturated heterocycles. The van der Waals surface area contributed by atoms with Crippen LogP contribution in [-0.2, 0) is 11.2 Å². The van der Waals surface area contributed by atoms with Gasteiger partial charge in [-0.2, -0.15) is 5.26 Å². The van der Waals surface area contributed by atoms with Crippen LogP contribution >= 0.6 is 0 Å². The minimum atomic E-state index is 0.0427. The first kappa shape index (κ1) is 17.2. The number of nitrogens with two attached hydrogens (primary N) is 1. The Bertz CT molecular complexity index is 456. The molecule has 4 heteroatoms. The van der Waals surface area contributed by atoms with Gasteiger partial charge in [0.2, 0.25) is 5.91 Å². The van der Waals surface area contributed by atoms with E-state index in [4.69, 9.17) is 11.0 Å². The molecular weight excluding hydrogens is 262 g/mol. The van der Waals surface area contributed by atoms with Crippen molar-refractivity contribution in [3.63, 3.8) is 0 Å². The van der Waals surface area contributed by atoms with E-state index < -0.39 is 0 Å². The average molecular weight is 287 g/mol. The van der Waals surface area contributed by atoms with E-state index in [-0.39, 0.29) is 5.91 Å². The highest BCUT2D eigenvalue weighted by Gasteiger charge is 2.10. The van der Waals surface area contributed by atoms with Crippen LogP contribution < -0.4 is 11.1 Å². The van der Waals surface area contributed by atoms with Crippen molar-refractivity contribution in [1.82, 2.24) is 0 Å². The monoisotopic (exact) mass is 287 g/mol. The molecule has 0 heterocycles. The van der Waals surface area contributed by atoms with Crippen molar-refractivity contribution in [3.8, 4) is 6.07 Å². The Morgan fingerprint density at radius 2 is 2.00 bits per heavy atom. The quantitative estimate of drug-likeness (QED) is 0.731. The zero-order valence-corrected chi connectivity index (χ0v) is 12.8. The molecule has 0 aliphatic rings. The fourth-order valence-corrected chi connectivity index (χ4v) is 2.43. The van der Waals surface area contributed by atoms with Gasteiger partial charge in [0.25, 0.3) is 0 Å². The van der Waals surface area contributed by atoms with Crippen molar-refractivity contribution in [2.45, 2.75) is 45.4 Å². The lowest BCUT2D eigenvalue weighted by atomic mass is 9.94. The fraction of sp³-hybridized carbons (Fsp3) is 0.529. The largest absolute Gasteiger partial charge is 0.330 e. The number of amides is 1. The van der Waals surface area contributed by atoms with Crippen LogP contribution in [-0.4, -0.2) is 12.5 Å². The zero-order valence-electron chi connectivity index (χ0n) is 12.8. The number of hydrogen-bond donors (Lipinski definition) is 2. The second-order valence-corrected chi connectivity index (χ2v) is 5.35. The highest BCUT2D eigenvalue weighted by Crippen LogP contribution is 2.18. The maximum atomic E-state index is 11.9. The van der Waals surface area contributed by atoms with Crippen molar-refractivity contribution < 1.29 is 4.79 Å². The molecule has 4 nitrogen and oxygen atoms in total. The van der Waals surface area contributed by atoms with Gasteiger partial charge >= 0.3 is 0 Å². The second kappa shape index (κ2) is 9.95. The molecule has 0 aliphatic heterocycles. The Labute approximate surface area is 127 Å². The van der Waals surface area contributed by atoms with Crippen LogP contribution in [0.25, 0.3) is 0 Å². The molecule has 3 N–H and O–H groups in total. The predicted molar refractivity (Wildman–Crippen MR) is 85.7 cm³/mol. The minimum absolute atomic E-state index is 0.0427. The lowest BCUT2D eigenvalue weighted by Crippen LogP contribution is -2.15. The molecule has 1 unspecified atom stereocenters. The number of nitrogens with zero attached hydrogens (tertiary/aromatic N) is 1. The molecule has 1 aromatic carbocycles. The van der Waals surface area contributed by atoms with Crippen molar-refractivity contribution in [2.24, 2.45) is 11.7 Å². The number of nitriles is 1. The standard InChI is InChI=1S/C17H25N3O/c1-2-3-14(10-12-18)6-9-17(21)20-16-7-4-15(5-8-16)11-13-19/h4-5,7-8,14H,2-3,6,9-12,18H2,1H3,(H,20,21). The Hall–Kier alpha value is -1.86. The van der Waals surface area contributed by atoms with Gasteiger partial charge in [-0.3, -0.25) is 4.79 Å². The number of rotatable bonds is 9. The Morgan fingerprint density at radius 1 is 1.29 bits per heavy atom. The summed E-state index contributed by atoms with van der Waals surface area (Å²) in [7, 11) is 0. The molecule has 21 heavy (non-hydrogen) atoms. The van der Waals surface area contributed by atoms with Gasteiger partial charge in [-0.15, -0.1) is 0 Å². The molecule has 0 bridgehead atoms. The number of carbonyl (C=O) groups excluding carboxylic acids is 1. The highest BCUT2D eigenvalue weighted by molar-refractivity contribution is 5.90. The van der Waals surface area contributed by atoms with Crippen LogP contribution in [0, 0.1) is 17.2 Å². The van der Waals surface area contributed by atoms with Gasteiger partial charge in [0.15, 0.2) is 0 Å². The summed E-state index contributed by atoms with van der Waals surface area (Å²) < 4.78 is 0. The van der Waals surface area contributed by atoms with E-state index in [1.54, 1.807) is 0 Å². The number of carbonyl (C=O) groups is 1. The van der Waals surface area contributed by atoms with E-state index in [1.807, 2.05) is 24.3 Å². The smallest absolute Gasteiger partial charge is 0.224 e. The molecular formula is C17H25N3O. The van der Waals surface area contributed by atoms with E-state index in [2.05, 4.69) is 18.3 Å². The summed E-state index contributed by atoms with van der Waals surface area (Å²) in [4.78, 5) is 11.9.